The Labute approximate surface area is 116 Å². The molecule has 1 aromatic carbocycles. The number of methoxy groups -OCH3 is 1. The summed E-state index contributed by atoms with van der Waals surface area (Å²) >= 11 is 0. The molecule has 20 heavy (non-hydrogen) atoms. The minimum absolute atomic E-state index is 0.0649. The highest BCUT2D eigenvalue weighted by Crippen LogP contribution is 2.33. The van der Waals surface area contributed by atoms with E-state index in [1.165, 1.54) is 7.11 Å². The smallest absolute Gasteiger partial charge is 0.393 e. The number of halogens is 3. The Balaban J connectivity index is 2.01. The first kappa shape index (κ1) is 15.0. The maximum atomic E-state index is 12.8. The van der Waals surface area contributed by atoms with Crippen LogP contribution in [0.25, 0.3) is 0 Å². The van der Waals surface area contributed by atoms with Crippen molar-refractivity contribution in [2.75, 3.05) is 25.9 Å². The lowest BCUT2D eigenvalue weighted by atomic mass is 9.97. The second kappa shape index (κ2) is 5.91. The topological polar surface area (TPSA) is 38.5 Å². The van der Waals surface area contributed by atoms with E-state index in [0.717, 1.165) is 5.56 Å². The van der Waals surface area contributed by atoms with Crippen molar-refractivity contribution < 1.29 is 17.9 Å². The van der Waals surface area contributed by atoms with Gasteiger partial charge in [-0.2, -0.15) is 13.2 Å². The summed E-state index contributed by atoms with van der Waals surface area (Å²) in [6, 6.07) is 5.35. The molecule has 2 N–H and O–H groups in total. The third-order valence-electron chi connectivity index (χ3n) is 3.67. The molecule has 0 aliphatic carbocycles. The highest BCUT2D eigenvalue weighted by atomic mass is 19.4. The average Bonchev–Trinajstić information content (AvgIpc) is 2.38. The van der Waals surface area contributed by atoms with E-state index in [0.29, 0.717) is 30.9 Å². The zero-order valence-corrected chi connectivity index (χ0v) is 11.4. The fourth-order valence-corrected chi connectivity index (χ4v) is 2.61. The predicted octanol–water partition coefficient (Wildman–Crippen LogP) is 3.05. The van der Waals surface area contributed by atoms with Gasteiger partial charge in [0.15, 0.2) is 0 Å². The van der Waals surface area contributed by atoms with Crippen LogP contribution in [0.4, 0.5) is 18.9 Å². The van der Waals surface area contributed by atoms with E-state index in [-0.39, 0.29) is 13.0 Å². The van der Waals surface area contributed by atoms with Crippen LogP contribution in [-0.4, -0.2) is 31.3 Å². The number of anilines is 1. The average molecular weight is 288 g/mol. The Morgan fingerprint density at radius 3 is 2.75 bits per heavy atom. The molecule has 112 valence electrons. The van der Waals surface area contributed by atoms with E-state index in [4.69, 9.17) is 10.5 Å². The van der Waals surface area contributed by atoms with Gasteiger partial charge >= 0.3 is 6.18 Å². The van der Waals surface area contributed by atoms with Gasteiger partial charge < -0.3 is 10.5 Å². The van der Waals surface area contributed by atoms with Crippen molar-refractivity contribution in [1.82, 2.24) is 4.90 Å². The minimum Gasteiger partial charge on any atom is -0.495 e. The van der Waals surface area contributed by atoms with Crippen molar-refractivity contribution in [3.05, 3.63) is 23.8 Å². The van der Waals surface area contributed by atoms with E-state index in [9.17, 15) is 13.2 Å². The normalized spacial score (nSPS) is 20.9. The van der Waals surface area contributed by atoms with Crippen LogP contribution in [0.3, 0.4) is 0 Å². The van der Waals surface area contributed by atoms with Gasteiger partial charge in [0.2, 0.25) is 0 Å². The molecule has 0 bridgehead atoms. The fourth-order valence-electron chi connectivity index (χ4n) is 2.61. The van der Waals surface area contributed by atoms with Crippen molar-refractivity contribution in [2.24, 2.45) is 5.92 Å². The molecule has 0 radical (unpaired) electrons. The van der Waals surface area contributed by atoms with E-state index in [1.54, 1.807) is 12.1 Å². The van der Waals surface area contributed by atoms with E-state index in [1.807, 2.05) is 11.0 Å². The Kier molecular flexibility index (Phi) is 4.42. The SMILES string of the molecule is COc1ccc(CN2CCCC(C(F)(F)F)C2)cc1N. The molecule has 0 amide bonds. The van der Waals surface area contributed by atoms with Crippen LogP contribution < -0.4 is 10.5 Å². The van der Waals surface area contributed by atoms with Gasteiger partial charge in [-0.1, -0.05) is 6.07 Å². The monoisotopic (exact) mass is 288 g/mol. The summed E-state index contributed by atoms with van der Waals surface area (Å²) in [5.74, 6) is -0.632. The number of ether oxygens (including phenoxy) is 1. The third kappa shape index (κ3) is 3.56. The molecule has 2 rings (SSSR count). The lowest BCUT2D eigenvalue weighted by molar-refractivity contribution is -0.187. The maximum Gasteiger partial charge on any atom is 0.393 e. The van der Waals surface area contributed by atoms with Crippen LogP contribution in [0.15, 0.2) is 18.2 Å². The third-order valence-corrected chi connectivity index (χ3v) is 3.67. The molecule has 3 nitrogen and oxygen atoms in total. The lowest BCUT2D eigenvalue weighted by Gasteiger charge is -2.33. The lowest BCUT2D eigenvalue weighted by Crippen LogP contribution is -2.41. The Morgan fingerprint density at radius 1 is 1.40 bits per heavy atom. The largest absolute Gasteiger partial charge is 0.495 e. The summed E-state index contributed by atoms with van der Waals surface area (Å²) in [7, 11) is 1.53. The number of nitrogens with two attached hydrogens (primary N) is 1. The quantitative estimate of drug-likeness (QED) is 0.869. The van der Waals surface area contributed by atoms with Crippen LogP contribution in [0.1, 0.15) is 18.4 Å². The van der Waals surface area contributed by atoms with Crippen LogP contribution in [0.5, 0.6) is 5.75 Å². The van der Waals surface area contributed by atoms with Crippen molar-refractivity contribution in [2.45, 2.75) is 25.6 Å². The predicted molar refractivity (Wildman–Crippen MR) is 71.5 cm³/mol. The second-order valence-corrected chi connectivity index (χ2v) is 5.19. The van der Waals surface area contributed by atoms with Gasteiger partial charge in [0.05, 0.1) is 18.7 Å². The number of alkyl halides is 3. The van der Waals surface area contributed by atoms with Gasteiger partial charge in [0.25, 0.3) is 0 Å². The molecule has 1 saturated heterocycles. The van der Waals surface area contributed by atoms with E-state index in [2.05, 4.69) is 0 Å². The molecule has 0 aromatic heterocycles. The van der Waals surface area contributed by atoms with Crippen molar-refractivity contribution in [3.8, 4) is 5.75 Å². The first-order valence-corrected chi connectivity index (χ1v) is 6.61. The molecule has 1 aliphatic rings. The molecular formula is C14H19F3N2O. The summed E-state index contributed by atoms with van der Waals surface area (Å²) in [4.78, 5) is 1.84. The molecule has 1 unspecified atom stereocenters. The number of piperidine rings is 1. The van der Waals surface area contributed by atoms with Gasteiger partial charge in [-0.25, -0.2) is 0 Å². The fraction of sp³-hybridized carbons (Fsp3) is 0.571. The molecule has 6 heteroatoms. The zero-order chi connectivity index (χ0) is 14.8. The van der Waals surface area contributed by atoms with Crippen molar-refractivity contribution >= 4 is 5.69 Å². The number of nitrogen functional groups attached to an aromatic ring is 1. The molecular weight excluding hydrogens is 269 g/mol. The molecule has 1 aliphatic heterocycles. The van der Waals surface area contributed by atoms with Crippen LogP contribution in [0, 0.1) is 5.92 Å². The zero-order valence-electron chi connectivity index (χ0n) is 11.4. The van der Waals surface area contributed by atoms with Crippen LogP contribution in [0.2, 0.25) is 0 Å². The summed E-state index contributed by atoms with van der Waals surface area (Å²) in [6.45, 7) is 1.24. The summed E-state index contributed by atoms with van der Waals surface area (Å²) < 4.78 is 43.3. The first-order valence-electron chi connectivity index (χ1n) is 6.61. The number of nitrogens with zero attached hydrogens (tertiary/aromatic N) is 1. The van der Waals surface area contributed by atoms with E-state index < -0.39 is 12.1 Å². The Hall–Kier alpha value is -1.43. The van der Waals surface area contributed by atoms with Gasteiger partial charge in [0, 0.05) is 13.1 Å². The van der Waals surface area contributed by atoms with Gasteiger partial charge in [0.1, 0.15) is 5.75 Å². The highest BCUT2D eigenvalue weighted by molar-refractivity contribution is 5.54. The van der Waals surface area contributed by atoms with Crippen LogP contribution >= 0.6 is 0 Å². The van der Waals surface area contributed by atoms with Crippen molar-refractivity contribution in [1.29, 1.82) is 0 Å². The van der Waals surface area contributed by atoms with Gasteiger partial charge in [-0.15, -0.1) is 0 Å². The van der Waals surface area contributed by atoms with Crippen LogP contribution in [-0.2, 0) is 6.54 Å². The number of rotatable bonds is 3. The number of hydrogen-bond donors (Lipinski definition) is 1. The number of hydrogen-bond acceptors (Lipinski definition) is 3. The standard InChI is InChI=1S/C14H19F3N2O/c1-20-13-5-4-10(7-12(13)18)8-19-6-2-3-11(9-19)14(15,16)17/h4-5,7,11H,2-3,6,8-9,18H2,1H3. The number of benzene rings is 1. The number of likely N-dealkylation sites (tertiary alicyclic amines) is 1. The molecule has 0 saturated carbocycles. The Morgan fingerprint density at radius 2 is 2.15 bits per heavy atom. The van der Waals surface area contributed by atoms with Gasteiger partial charge in [-0.3, -0.25) is 4.90 Å². The summed E-state index contributed by atoms with van der Waals surface area (Å²) in [5, 5.41) is 0. The van der Waals surface area contributed by atoms with Crippen molar-refractivity contribution in [3.63, 3.8) is 0 Å². The highest BCUT2D eigenvalue weighted by Gasteiger charge is 2.41. The molecule has 1 fully saturated rings. The van der Waals surface area contributed by atoms with E-state index >= 15 is 0 Å². The molecule has 1 atom stereocenters. The maximum absolute atomic E-state index is 12.8. The molecule has 0 spiro atoms. The minimum atomic E-state index is -4.10. The first-order chi connectivity index (χ1) is 9.40. The molecule has 1 aromatic rings. The summed E-state index contributed by atoms with van der Waals surface area (Å²) in [6.07, 6.45) is -3.29. The second-order valence-electron chi connectivity index (χ2n) is 5.19. The Bertz CT molecular complexity index is 462. The van der Waals surface area contributed by atoms with Gasteiger partial charge in [-0.05, 0) is 37.1 Å². The molecule has 1 heterocycles. The summed E-state index contributed by atoms with van der Waals surface area (Å²) in [5.41, 5.74) is 7.23.